The van der Waals surface area contributed by atoms with Crippen LogP contribution in [0.15, 0.2) is 18.2 Å². The molecule has 0 amide bonds. The van der Waals surface area contributed by atoms with Gasteiger partial charge < -0.3 is 14.8 Å². The van der Waals surface area contributed by atoms with Crippen LogP contribution in [-0.4, -0.2) is 20.3 Å². The summed E-state index contributed by atoms with van der Waals surface area (Å²) in [5.41, 5.74) is 1.16. The molecule has 0 aliphatic rings. The molecule has 0 heterocycles. The molecule has 1 aromatic carbocycles. The molecule has 1 N–H and O–H groups in total. The summed E-state index contributed by atoms with van der Waals surface area (Å²) in [6.45, 7) is 6.44. The first kappa shape index (κ1) is 15.8. The fourth-order valence-electron chi connectivity index (χ4n) is 2.03. The number of benzene rings is 1. The highest BCUT2D eigenvalue weighted by molar-refractivity contribution is 5.46. The average molecular weight is 265 g/mol. The van der Waals surface area contributed by atoms with E-state index in [1.54, 1.807) is 0 Å². The lowest BCUT2D eigenvalue weighted by molar-refractivity contribution is 0.267. The van der Waals surface area contributed by atoms with Crippen molar-refractivity contribution in [2.75, 3.05) is 20.3 Å². The van der Waals surface area contributed by atoms with Gasteiger partial charge in [-0.25, -0.2) is 0 Å². The van der Waals surface area contributed by atoms with Crippen molar-refractivity contribution in [2.24, 2.45) is 0 Å². The zero-order chi connectivity index (χ0) is 13.9. The first-order valence-electron chi connectivity index (χ1n) is 7.35. The van der Waals surface area contributed by atoms with Crippen LogP contribution in [0.2, 0.25) is 0 Å². The third kappa shape index (κ3) is 5.52. The van der Waals surface area contributed by atoms with Crippen molar-refractivity contribution in [3.8, 4) is 11.5 Å². The number of hydrogen-bond acceptors (Lipinski definition) is 3. The molecule has 0 fully saturated rings. The number of ether oxygens (including phenoxy) is 2. The van der Waals surface area contributed by atoms with Crippen LogP contribution in [0, 0.1) is 0 Å². The molecule has 0 radical (unpaired) electrons. The van der Waals surface area contributed by atoms with E-state index < -0.39 is 0 Å². The Bertz CT molecular complexity index is 328. The van der Waals surface area contributed by atoms with E-state index in [1.165, 1.54) is 19.3 Å². The van der Waals surface area contributed by atoms with Crippen LogP contribution in [-0.2, 0) is 6.54 Å². The molecule has 19 heavy (non-hydrogen) atoms. The van der Waals surface area contributed by atoms with E-state index in [4.69, 9.17) is 9.47 Å². The van der Waals surface area contributed by atoms with Crippen LogP contribution < -0.4 is 14.8 Å². The molecule has 108 valence electrons. The standard InChI is InChI=1S/C16H27NO2/c1-4-6-7-8-12-19-16-14(13-17-3)10-9-11-15(16)18-5-2/h9-11,17H,4-8,12-13H2,1-3H3. The minimum atomic E-state index is 0.662. The molecule has 0 saturated heterocycles. The molecule has 1 rings (SSSR count). The number of para-hydroxylation sites is 1. The Morgan fingerprint density at radius 3 is 2.58 bits per heavy atom. The van der Waals surface area contributed by atoms with E-state index in [2.05, 4.69) is 18.3 Å². The second-order valence-electron chi connectivity index (χ2n) is 4.62. The zero-order valence-electron chi connectivity index (χ0n) is 12.5. The van der Waals surface area contributed by atoms with Crippen LogP contribution in [0.25, 0.3) is 0 Å². The maximum Gasteiger partial charge on any atom is 0.165 e. The highest BCUT2D eigenvalue weighted by Crippen LogP contribution is 2.31. The Kier molecular flexibility index (Phi) is 8.07. The largest absolute Gasteiger partial charge is 0.490 e. The lowest BCUT2D eigenvalue weighted by Crippen LogP contribution is -2.09. The summed E-state index contributed by atoms with van der Waals surface area (Å²) in [4.78, 5) is 0. The minimum Gasteiger partial charge on any atom is -0.490 e. The number of rotatable bonds is 10. The number of hydrogen-bond donors (Lipinski definition) is 1. The summed E-state index contributed by atoms with van der Waals surface area (Å²) in [5.74, 6) is 1.75. The van der Waals surface area contributed by atoms with Gasteiger partial charge in [0.25, 0.3) is 0 Å². The predicted octanol–water partition coefficient (Wildman–Crippen LogP) is 3.76. The maximum absolute atomic E-state index is 5.95. The summed E-state index contributed by atoms with van der Waals surface area (Å²) in [6.07, 6.45) is 4.86. The van der Waals surface area contributed by atoms with E-state index in [1.807, 2.05) is 26.1 Å². The van der Waals surface area contributed by atoms with Crippen LogP contribution in [0.5, 0.6) is 11.5 Å². The van der Waals surface area contributed by atoms with Crippen LogP contribution in [0.3, 0.4) is 0 Å². The molecule has 0 aliphatic carbocycles. The Balaban J connectivity index is 2.64. The normalized spacial score (nSPS) is 10.5. The molecule has 0 saturated carbocycles. The first-order valence-corrected chi connectivity index (χ1v) is 7.35. The van der Waals surface area contributed by atoms with Crippen molar-refractivity contribution in [2.45, 2.75) is 46.1 Å². The Morgan fingerprint density at radius 1 is 1.05 bits per heavy atom. The second-order valence-corrected chi connectivity index (χ2v) is 4.62. The SMILES string of the molecule is CCCCCCOc1c(CNC)cccc1OCC. The van der Waals surface area contributed by atoms with Gasteiger partial charge in [0, 0.05) is 12.1 Å². The van der Waals surface area contributed by atoms with Crippen LogP contribution in [0.4, 0.5) is 0 Å². The van der Waals surface area contributed by atoms with Gasteiger partial charge in [0.1, 0.15) is 0 Å². The fourth-order valence-corrected chi connectivity index (χ4v) is 2.03. The predicted molar refractivity (Wildman–Crippen MR) is 80.0 cm³/mol. The van der Waals surface area contributed by atoms with Gasteiger partial charge in [-0.3, -0.25) is 0 Å². The summed E-state index contributed by atoms with van der Waals surface area (Å²) in [7, 11) is 1.94. The molecule has 0 unspecified atom stereocenters. The van der Waals surface area contributed by atoms with Crippen molar-refractivity contribution in [1.29, 1.82) is 0 Å². The van der Waals surface area contributed by atoms with Gasteiger partial charge in [-0.1, -0.05) is 38.3 Å². The van der Waals surface area contributed by atoms with E-state index in [0.29, 0.717) is 6.61 Å². The third-order valence-electron chi connectivity index (χ3n) is 2.97. The monoisotopic (exact) mass is 265 g/mol. The van der Waals surface area contributed by atoms with Gasteiger partial charge in [0.15, 0.2) is 11.5 Å². The summed E-state index contributed by atoms with van der Waals surface area (Å²) in [6, 6.07) is 6.08. The third-order valence-corrected chi connectivity index (χ3v) is 2.97. The van der Waals surface area contributed by atoms with Crippen molar-refractivity contribution in [3.05, 3.63) is 23.8 Å². The van der Waals surface area contributed by atoms with Crippen LogP contribution in [0.1, 0.15) is 45.1 Å². The second kappa shape index (κ2) is 9.68. The Labute approximate surface area is 117 Å². The number of nitrogens with one attached hydrogen (secondary N) is 1. The van der Waals surface area contributed by atoms with Crippen molar-refractivity contribution >= 4 is 0 Å². The van der Waals surface area contributed by atoms with E-state index in [-0.39, 0.29) is 0 Å². The Hall–Kier alpha value is -1.22. The van der Waals surface area contributed by atoms with E-state index in [9.17, 15) is 0 Å². The molecule has 1 aromatic rings. The van der Waals surface area contributed by atoms with E-state index in [0.717, 1.165) is 36.6 Å². The van der Waals surface area contributed by atoms with Crippen molar-refractivity contribution < 1.29 is 9.47 Å². The highest BCUT2D eigenvalue weighted by atomic mass is 16.5. The Morgan fingerprint density at radius 2 is 1.89 bits per heavy atom. The summed E-state index contributed by atoms with van der Waals surface area (Å²) in [5, 5.41) is 3.17. The molecule has 0 aromatic heterocycles. The lowest BCUT2D eigenvalue weighted by Gasteiger charge is -2.15. The zero-order valence-corrected chi connectivity index (χ0v) is 12.5. The van der Waals surface area contributed by atoms with Gasteiger partial charge >= 0.3 is 0 Å². The minimum absolute atomic E-state index is 0.662. The smallest absolute Gasteiger partial charge is 0.165 e. The molecule has 3 heteroatoms. The number of unbranched alkanes of at least 4 members (excludes halogenated alkanes) is 3. The molecule has 3 nitrogen and oxygen atoms in total. The van der Waals surface area contributed by atoms with Gasteiger partial charge in [0.2, 0.25) is 0 Å². The van der Waals surface area contributed by atoms with Gasteiger partial charge in [-0.15, -0.1) is 0 Å². The highest BCUT2D eigenvalue weighted by Gasteiger charge is 2.10. The molecule has 0 atom stereocenters. The van der Waals surface area contributed by atoms with Gasteiger partial charge in [-0.05, 0) is 26.5 Å². The summed E-state index contributed by atoms with van der Waals surface area (Å²) >= 11 is 0. The summed E-state index contributed by atoms with van der Waals surface area (Å²) < 4.78 is 11.6. The fraction of sp³-hybridized carbons (Fsp3) is 0.625. The quantitative estimate of drug-likeness (QED) is 0.653. The molecule has 0 aliphatic heterocycles. The average Bonchev–Trinajstić information content (AvgIpc) is 2.41. The molecule has 0 bridgehead atoms. The maximum atomic E-state index is 5.95. The molecule has 0 spiro atoms. The van der Waals surface area contributed by atoms with Gasteiger partial charge in [-0.2, -0.15) is 0 Å². The topological polar surface area (TPSA) is 30.5 Å². The van der Waals surface area contributed by atoms with Gasteiger partial charge in [0.05, 0.1) is 13.2 Å². The van der Waals surface area contributed by atoms with E-state index >= 15 is 0 Å². The first-order chi connectivity index (χ1) is 9.33. The van der Waals surface area contributed by atoms with Crippen molar-refractivity contribution in [1.82, 2.24) is 5.32 Å². The molecular formula is C16H27NO2. The molecular weight excluding hydrogens is 238 g/mol. The van der Waals surface area contributed by atoms with Crippen LogP contribution >= 0.6 is 0 Å². The lowest BCUT2D eigenvalue weighted by atomic mass is 10.1. The van der Waals surface area contributed by atoms with Crippen molar-refractivity contribution in [3.63, 3.8) is 0 Å².